The van der Waals surface area contributed by atoms with E-state index in [4.69, 9.17) is 0 Å². The number of carbonyl (C=O) groups excluding carboxylic acids is 1. The van der Waals surface area contributed by atoms with Gasteiger partial charge < -0.3 is 14.5 Å². The lowest BCUT2D eigenvalue weighted by molar-refractivity contribution is 0.0592. The Labute approximate surface area is 144 Å². The molecule has 0 saturated carbocycles. The topological polar surface area (TPSA) is 58.6 Å². The molecule has 24 heavy (non-hydrogen) atoms. The van der Waals surface area contributed by atoms with Gasteiger partial charge in [0.1, 0.15) is 0 Å². The molecule has 2 saturated heterocycles. The standard InChI is InChI=1S/C18H28N4O2/c1-24-18(23)16-8-9-17(20-19-16)22-12-6-7-15(14-22)13-21-10-4-2-3-5-11-21/h8-9,15H,2-7,10-14H2,1H3. The van der Waals surface area contributed by atoms with E-state index in [9.17, 15) is 4.79 Å². The van der Waals surface area contributed by atoms with E-state index >= 15 is 0 Å². The second-order valence-electron chi connectivity index (χ2n) is 6.94. The fraction of sp³-hybridized carbons (Fsp3) is 0.722. The molecule has 0 amide bonds. The molecule has 1 atom stereocenters. The van der Waals surface area contributed by atoms with Crippen LogP contribution in [0.3, 0.4) is 0 Å². The average molecular weight is 332 g/mol. The Morgan fingerprint density at radius 3 is 2.58 bits per heavy atom. The lowest BCUT2D eigenvalue weighted by atomic mass is 9.97. The van der Waals surface area contributed by atoms with Crippen molar-refractivity contribution in [2.24, 2.45) is 5.92 Å². The molecule has 0 spiro atoms. The summed E-state index contributed by atoms with van der Waals surface area (Å²) in [6.07, 6.45) is 7.94. The van der Waals surface area contributed by atoms with Crippen LogP contribution < -0.4 is 4.90 Å². The van der Waals surface area contributed by atoms with Crippen molar-refractivity contribution in [3.8, 4) is 0 Å². The van der Waals surface area contributed by atoms with Crippen LogP contribution in [-0.2, 0) is 4.74 Å². The summed E-state index contributed by atoms with van der Waals surface area (Å²) in [5.74, 6) is 1.12. The van der Waals surface area contributed by atoms with Crippen LogP contribution in [0.4, 0.5) is 5.82 Å². The first kappa shape index (κ1) is 17.1. The Kier molecular flexibility index (Phi) is 6.01. The predicted molar refractivity (Wildman–Crippen MR) is 93.2 cm³/mol. The number of hydrogen-bond acceptors (Lipinski definition) is 6. The molecule has 1 aromatic rings. The van der Waals surface area contributed by atoms with Crippen molar-refractivity contribution in [2.45, 2.75) is 38.5 Å². The maximum absolute atomic E-state index is 11.5. The molecule has 2 fully saturated rings. The number of hydrogen-bond donors (Lipinski definition) is 0. The lowest BCUT2D eigenvalue weighted by Gasteiger charge is -2.35. The van der Waals surface area contributed by atoms with E-state index in [1.165, 1.54) is 65.3 Å². The molecule has 132 valence electrons. The van der Waals surface area contributed by atoms with E-state index in [2.05, 4.69) is 24.7 Å². The Balaban J connectivity index is 1.57. The minimum atomic E-state index is -0.438. The van der Waals surface area contributed by atoms with Gasteiger partial charge in [-0.15, -0.1) is 10.2 Å². The zero-order valence-corrected chi connectivity index (χ0v) is 14.6. The highest BCUT2D eigenvalue weighted by Crippen LogP contribution is 2.23. The molecule has 3 heterocycles. The first-order chi connectivity index (χ1) is 11.8. The van der Waals surface area contributed by atoms with Crippen LogP contribution in [0, 0.1) is 5.92 Å². The fourth-order valence-corrected chi connectivity index (χ4v) is 3.81. The van der Waals surface area contributed by atoms with Crippen molar-refractivity contribution in [2.75, 3.05) is 44.7 Å². The predicted octanol–water partition coefficient (Wildman–Crippen LogP) is 2.36. The van der Waals surface area contributed by atoms with Gasteiger partial charge in [0.25, 0.3) is 0 Å². The van der Waals surface area contributed by atoms with Crippen molar-refractivity contribution in [1.29, 1.82) is 0 Å². The molecule has 6 nitrogen and oxygen atoms in total. The summed E-state index contributed by atoms with van der Waals surface area (Å²) in [5.41, 5.74) is 0.263. The number of methoxy groups -OCH3 is 1. The quantitative estimate of drug-likeness (QED) is 0.789. The average Bonchev–Trinajstić information content (AvgIpc) is 2.90. The molecule has 0 aliphatic carbocycles. The molecule has 0 aromatic carbocycles. The number of esters is 1. The van der Waals surface area contributed by atoms with E-state index < -0.39 is 5.97 Å². The third kappa shape index (κ3) is 4.44. The zero-order chi connectivity index (χ0) is 16.8. The number of rotatable bonds is 4. The molecule has 1 unspecified atom stereocenters. The molecule has 0 bridgehead atoms. The van der Waals surface area contributed by atoms with Crippen molar-refractivity contribution in [3.05, 3.63) is 17.8 Å². The van der Waals surface area contributed by atoms with Crippen molar-refractivity contribution < 1.29 is 9.53 Å². The lowest BCUT2D eigenvalue weighted by Crippen LogP contribution is -2.41. The van der Waals surface area contributed by atoms with E-state index in [1.807, 2.05) is 6.07 Å². The van der Waals surface area contributed by atoms with Gasteiger partial charge in [-0.3, -0.25) is 0 Å². The first-order valence-corrected chi connectivity index (χ1v) is 9.15. The summed E-state index contributed by atoms with van der Waals surface area (Å²) in [6, 6.07) is 3.58. The van der Waals surface area contributed by atoms with Crippen LogP contribution in [0.2, 0.25) is 0 Å². The van der Waals surface area contributed by atoms with Crippen LogP contribution in [0.5, 0.6) is 0 Å². The minimum absolute atomic E-state index is 0.263. The van der Waals surface area contributed by atoms with Gasteiger partial charge >= 0.3 is 5.97 Å². The minimum Gasteiger partial charge on any atom is -0.464 e. The number of nitrogens with zero attached hydrogens (tertiary/aromatic N) is 4. The number of ether oxygens (including phenoxy) is 1. The fourth-order valence-electron chi connectivity index (χ4n) is 3.81. The summed E-state index contributed by atoms with van der Waals surface area (Å²) in [6.45, 7) is 5.75. The summed E-state index contributed by atoms with van der Waals surface area (Å²) in [7, 11) is 1.36. The van der Waals surface area contributed by atoms with Crippen molar-refractivity contribution >= 4 is 11.8 Å². The van der Waals surface area contributed by atoms with Gasteiger partial charge in [-0.25, -0.2) is 4.79 Å². The first-order valence-electron chi connectivity index (χ1n) is 9.15. The molecule has 1 aromatic heterocycles. The Bertz CT molecular complexity index is 526. The highest BCUT2D eigenvalue weighted by molar-refractivity contribution is 5.86. The van der Waals surface area contributed by atoms with Gasteiger partial charge in [-0.05, 0) is 56.8 Å². The molecule has 3 rings (SSSR count). The van der Waals surface area contributed by atoms with Gasteiger partial charge in [0.05, 0.1) is 7.11 Å². The van der Waals surface area contributed by atoms with Gasteiger partial charge in [0, 0.05) is 19.6 Å². The van der Waals surface area contributed by atoms with Crippen LogP contribution in [0.1, 0.15) is 49.0 Å². The largest absolute Gasteiger partial charge is 0.464 e. The van der Waals surface area contributed by atoms with Crippen LogP contribution in [-0.4, -0.2) is 60.9 Å². The van der Waals surface area contributed by atoms with Crippen molar-refractivity contribution in [1.82, 2.24) is 15.1 Å². The highest BCUT2D eigenvalue weighted by Gasteiger charge is 2.24. The van der Waals surface area contributed by atoms with Crippen LogP contribution in [0.25, 0.3) is 0 Å². The third-order valence-electron chi connectivity index (χ3n) is 5.10. The van der Waals surface area contributed by atoms with Gasteiger partial charge in [0.2, 0.25) is 0 Å². The van der Waals surface area contributed by atoms with E-state index in [1.54, 1.807) is 6.07 Å². The molecule has 2 aliphatic heterocycles. The van der Waals surface area contributed by atoms with Gasteiger partial charge in [-0.1, -0.05) is 12.8 Å². The molecule has 2 aliphatic rings. The molecule has 0 N–H and O–H groups in total. The maximum atomic E-state index is 11.5. The molecular weight excluding hydrogens is 304 g/mol. The zero-order valence-electron chi connectivity index (χ0n) is 14.6. The van der Waals surface area contributed by atoms with Gasteiger partial charge in [-0.2, -0.15) is 0 Å². The van der Waals surface area contributed by atoms with E-state index in [0.29, 0.717) is 5.92 Å². The number of aromatic nitrogens is 2. The number of likely N-dealkylation sites (tertiary alicyclic amines) is 1. The maximum Gasteiger partial charge on any atom is 0.358 e. The smallest absolute Gasteiger partial charge is 0.358 e. The Morgan fingerprint density at radius 2 is 1.92 bits per heavy atom. The van der Waals surface area contributed by atoms with E-state index in [0.717, 1.165) is 18.9 Å². The summed E-state index contributed by atoms with van der Waals surface area (Å²) < 4.78 is 4.67. The Morgan fingerprint density at radius 1 is 1.12 bits per heavy atom. The summed E-state index contributed by atoms with van der Waals surface area (Å²) in [5, 5.41) is 8.23. The second kappa shape index (κ2) is 8.42. The molecule has 0 radical (unpaired) electrons. The molecular formula is C18H28N4O2. The van der Waals surface area contributed by atoms with Crippen LogP contribution >= 0.6 is 0 Å². The monoisotopic (exact) mass is 332 g/mol. The molecule has 6 heteroatoms. The normalized spacial score (nSPS) is 22.9. The number of anilines is 1. The van der Waals surface area contributed by atoms with Crippen molar-refractivity contribution in [3.63, 3.8) is 0 Å². The number of piperidine rings is 1. The van der Waals surface area contributed by atoms with E-state index in [-0.39, 0.29) is 5.69 Å². The third-order valence-corrected chi connectivity index (χ3v) is 5.10. The highest BCUT2D eigenvalue weighted by atomic mass is 16.5. The SMILES string of the molecule is COC(=O)c1ccc(N2CCCC(CN3CCCCCC3)C2)nn1. The second-order valence-corrected chi connectivity index (χ2v) is 6.94. The summed E-state index contributed by atoms with van der Waals surface area (Å²) in [4.78, 5) is 16.4. The Hall–Kier alpha value is -1.69. The summed E-state index contributed by atoms with van der Waals surface area (Å²) >= 11 is 0. The van der Waals surface area contributed by atoms with Gasteiger partial charge in [0.15, 0.2) is 11.5 Å². The van der Waals surface area contributed by atoms with Crippen LogP contribution in [0.15, 0.2) is 12.1 Å². The number of carbonyl (C=O) groups is 1.